The molecule has 2 amide bonds. The molecule has 3 N–H and O–H groups in total. The molecule has 2 aromatic rings. The van der Waals surface area contributed by atoms with Crippen LogP contribution in [0.1, 0.15) is 58.5 Å². The highest BCUT2D eigenvalue weighted by molar-refractivity contribution is 7.90. The third kappa shape index (κ3) is 4.06. The Morgan fingerprint density at radius 1 is 1.09 bits per heavy atom. The van der Waals surface area contributed by atoms with Crippen LogP contribution in [0.2, 0.25) is 0 Å². The van der Waals surface area contributed by atoms with Gasteiger partial charge in [-0.3, -0.25) is 9.59 Å². The number of likely N-dealkylation sites (tertiary alicyclic amines) is 1. The van der Waals surface area contributed by atoms with Crippen molar-refractivity contribution in [2.24, 2.45) is 16.0 Å². The molecule has 1 aliphatic carbocycles. The van der Waals surface area contributed by atoms with Crippen molar-refractivity contribution < 1.29 is 18.0 Å². The van der Waals surface area contributed by atoms with Gasteiger partial charge in [-0.2, -0.15) is 8.42 Å². The number of anilines is 1. The predicted molar refractivity (Wildman–Crippen MR) is 127 cm³/mol. The summed E-state index contributed by atoms with van der Waals surface area (Å²) in [6.07, 6.45) is 6.13. The van der Waals surface area contributed by atoms with Gasteiger partial charge in [0.05, 0.1) is 5.56 Å². The van der Waals surface area contributed by atoms with Crippen molar-refractivity contribution in [3.63, 3.8) is 0 Å². The number of nitrogens with zero attached hydrogens (tertiary/aromatic N) is 2. The molecule has 0 atom stereocenters. The van der Waals surface area contributed by atoms with E-state index in [4.69, 9.17) is 5.73 Å². The van der Waals surface area contributed by atoms with E-state index in [1.165, 1.54) is 11.3 Å². The fourth-order valence-corrected chi connectivity index (χ4v) is 7.50. The fraction of sp³-hybridized carbons (Fsp3) is 0.435. The Morgan fingerprint density at radius 3 is 2.58 bits per heavy atom. The molecule has 8 nitrogen and oxygen atoms in total. The minimum atomic E-state index is -3.67. The number of nitrogens with two attached hydrogens (primary N) is 1. The third-order valence-corrected chi connectivity index (χ3v) is 9.21. The Hall–Kier alpha value is -2.72. The number of rotatable bonds is 3. The highest BCUT2D eigenvalue weighted by Crippen LogP contribution is 2.38. The molecular weight excluding hydrogens is 460 g/mol. The summed E-state index contributed by atoms with van der Waals surface area (Å²) in [5.41, 5.74) is 7.79. The number of carbonyl (C=O) groups excluding carboxylic acids is 2. The predicted octanol–water partition coefficient (Wildman–Crippen LogP) is 2.92. The van der Waals surface area contributed by atoms with Gasteiger partial charge in [-0.1, -0.05) is 18.6 Å². The van der Waals surface area contributed by atoms with E-state index in [0.717, 1.165) is 42.5 Å². The second-order valence-corrected chi connectivity index (χ2v) is 11.4. The lowest BCUT2D eigenvalue weighted by Crippen LogP contribution is -2.41. The van der Waals surface area contributed by atoms with Crippen molar-refractivity contribution in [1.29, 1.82) is 0 Å². The van der Waals surface area contributed by atoms with Crippen LogP contribution in [0.4, 0.5) is 5.00 Å². The number of piperidine rings is 1. The molecule has 3 aliphatic rings. The SMILES string of the molecule is NC(=O)c1c(NC(=O)C2CCN(C3=NS(=O)(=O)c4ccccc43)CC2)sc2c1CCCCC2. The van der Waals surface area contributed by atoms with Crippen molar-refractivity contribution >= 4 is 44.0 Å². The van der Waals surface area contributed by atoms with E-state index in [2.05, 4.69) is 9.71 Å². The number of primary amides is 1. The van der Waals surface area contributed by atoms with E-state index >= 15 is 0 Å². The Bertz CT molecular complexity index is 1260. The van der Waals surface area contributed by atoms with E-state index in [-0.39, 0.29) is 16.7 Å². The van der Waals surface area contributed by atoms with Gasteiger partial charge in [0.1, 0.15) is 9.90 Å². The molecular formula is C23H26N4O4S2. The molecule has 2 aliphatic heterocycles. The average molecular weight is 487 g/mol. The lowest BCUT2D eigenvalue weighted by Gasteiger charge is -2.32. The van der Waals surface area contributed by atoms with Gasteiger partial charge in [0.2, 0.25) is 5.91 Å². The maximum absolute atomic E-state index is 13.1. The molecule has 1 aromatic carbocycles. The maximum atomic E-state index is 13.1. The molecule has 1 saturated heterocycles. The first-order valence-electron chi connectivity index (χ1n) is 11.3. The zero-order valence-electron chi connectivity index (χ0n) is 18.2. The first-order valence-corrected chi connectivity index (χ1v) is 13.6. The summed E-state index contributed by atoms with van der Waals surface area (Å²) in [4.78, 5) is 28.6. The number of hydrogen-bond acceptors (Lipinski definition) is 6. The molecule has 3 heterocycles. The summed E-state index contributed by atoms with van der Waals surface area (Å²) in [6.45, 7) is 1.06. The van der Waals surface area contributed by atoms with Crippen LogP contribution in [0, 0.1) is 5.92 Å². The van der Waals surface area contributed by atoms with Crippen LogP contribution in [0.5, 0.6) is 0 Å². The quantitative estimate of drug-likeness (QED) is 0.646. The van der Waals surface area contributed by atoms with E-state index < -0.39 is 15.9 Å². The van der Waals surface area contributed by atoms with Gasteiger partial charge < -0.3 is 16.0 Å². The fourth-order valence-electron chi connectivity index (χ4n) is 4.98. The summed E-state index contributed by atoms with van der Waals surface area (Å²) < 4.78 is 28.7. The first kappa shape index (κ1) is 22.1. The molecule has 0 radical (unpaired) electrons. The van der Waals surface area contributed by atoms with Crippen molar-refractivity contribution in [3.8, 4) is 0 Å². The lowest BCUT2D eigenvalue weighted by molar-refractivity contribution is -0.120. The number of fused-ring (bicyclic) bond motifs is 2. The molecule has 1 fully saturated rings. The normalized spacial score (nSPS) is 19.9. The van der Waals surface area contributed by atoms with E-state index in [0.29, 0.717) is 47.9 Å². The largest absolute Gasteiger partial charge is 0.365 e. The first-order chi connectivity index (χ1) is 15.8. The van der Waals surface area contributed by atoms with Gasteiger partial charge in [0.15, 0.2) is 5.84 Å². The number of nitrogens with one attached hydrogen (secondary N) is 1. The smallest absolute Gasteiger partial charge is 0.285 e. The molecule has 0 spiro atoms. The molecule has 0 bridgehead atoms. The number of sulfonamides is 1. The van der Waals surface area contributed by atoms with Crippen LogP contribution in [0.15, 0.2) is 33.6 Å². The van der Waals surface area contributed by atoms with Crippen molar-refractivity contribution in [2.45, 2.75) is 49.8 Å². The molecule has 174 valence electrons. The lowest BCUT2D eigenvalue weighted by atomic mass is 9.95. The van der Waals surface area contributed by atoms with Gasteiger partial charge in [-0.25, -0.2) is 0 Å². The number of amides is 2. The Morgan fingerprint density at radius 2 is 1.82 bits per heavy atom. The zero-order valence-corrected chi connectivity index (χ0v) is 19.8. The van der Waals surface area contributed by atoms with Gasteiger partial charge in [-0.05, 0) is 56.2 Å². The minimum Gasteiger partial charge on any atom is -0.365 e. The van der Waals surface area contributed by atoms with Crippen molar-refractivity contribution in [2.75, 3.05) is 18.4 Å². The molecule has 0 unspecified atom stereocenters. The van der Waals surface area contributed by atoms with Crippen molar-refractivity contribution in [3.05, 3.63) is 45.8 Å². The van der Waals surface area contributed by atoms with Gasteiger partial charge in [0, 0.05) is 29.4 Å². The van der Waals surface area contributed by atoms with Crippen LogP contribution in [-0.2, 0) is 27.7 Å². The number of hydrogen-bond donors (Lipinski definition) is 2. The van der Waals surface area contributed by atoms with Gasteiger partial charge in [0.25, 0.3) is 15.9 Å². The Labute approximate surface area is 196 Å². The zero-order chi connectivity index (χ0) is 23.2. The molecule has 33 heavy (non-hydrogen) atoms. The van der Waals surface area contributed by atoms with E-state index in [1.807, 2.05) is 4.90 Å². The number of benzene rings is 1. The number of carbonyl (C=O) groups is 2. The second kappa shape index (κ2) is 8.57. The molecule has 1 aromatic heterocycles. The summed E-state index contributed by atoms with van der Waals surface area (Å²) in [5.74, 6) is -0.367. The van der Waals surface area contributed by atoms with Crippen LogP contribution < -0.4 is 11.1 Å². The van der Waals surface area contributed by atoms with Crippen LogP contribution in [-0.4, -0.2) is 44.1 Å². The summed E-state index contributed by atoms with van der Waals surface area (Å²) in [6, 6.07) is 6.83. The van der Waals surface area contributed by atoms with E-state index in [1.54, 1.807) is 24.3 Å². The van der Waals surface area contributed by atoms with Crippen LogP contribution in [0.3, 0.4) is 0 Å². The highest BCUT2D eigenvalue weighted by atomic mass is 32.2. The minimum absolute atomic E-state index is 0.116. The van der Waals surface area contributed by atoms with Gasteiger partial charge in [-0.15, -0.1) is 15.7 Å². The molecule has 10 heteroatoms. The monoisotopic (exact) mass is 486 g/mol. The third-order valence-electron chi connectivity index (χ3n) is 6.68. The second-order valence-electron chi connectivity index (χ2n) is 8.77. The van der Waals surface area contributed by atoms with Crippen molar-refractivity contribution in [1.82, 2.24) is 4.90 Å². The highest BCUT2D eigenvalue weighted by Gasteiger charge is 2.35. The Balaban J connectivity index is 1.28. The summed E-state index contributed by atoms with van der Waals surface area (Å²) in [5, 5.41) is 3.56. The summed E-state index contributed by atoms with van der Waals surface area (Å²) >= 11 is 1.48. The molecule has 5 rings (SSSR count). The summed E-state index contributed by atoms with van der Waals surface area (Å²) in [7, 11) is -3.67. The average Bonchev–Trinajstić information content (AvgIpc) is 3.17. The van der Waals surface area contributed by atoms with Crippen LogP contribution >= 0.6 is 11.3 Å². The standard InChI is InChI=1S/C23H26N4O4S2/c24-20(28)19-15-6-2-1-3-8-17(15)32-23(19)25-22(29)14-10-12-27(13-11-14)21-16-7-4-5-9-18(16)33(30,31)26-21/h4-5,7,9,14H,1-3,6,8,10-13H2,(H2,24,28)(H,25,29). The topological polar surface area (TPSA) is 122 Å². The van der Waals surface area contributed by atoms with Crippen LogP contribution in [0.25, 0.3) is 0 Å². The van der Waals surface area contributed by atoms with E-state index in [9.17, 15) is 18.0 Å². The number of thiophene rings is 1. The van der Waals surface area contributed by atoms with Gasteiger partial charge >= 0.3 is 0 Å². The number of amidine groups is 1. The number of aryl methyl sites for hydroxylation is 1. The maximum Gasteiger partial charge on any atom is 0.285 e. The Kier molecular flexibility index (Phi) is 5.74. The molecule has 0 saturated carbocycles.